The molecule has 0 radical (unpaired) electrons. The molecule has 0 amide bonds. The number of benzene rings is 1. The average molecular weight is 408 g/mol. The predicted octanol–water partition coefficient (Wildman–Crippen LogP) is 4.43. The highest BCUT2D eigenvalue weighted by molar-refractivity contribution is 5.96. The molecule has 1 aromatic carbocycles. The minimum Gasteiger partial charge on any atom is -0.465 e. The number of anilines is 2. The Morgan fingerprint density at radius 2 is 1.90 bits per heavy atom. The molecule has 2 N–H and O–H groups in total. The smallest absolute Gasteiger partial charge is 0.340 e. The lowest BCUT2D eigenvalue weighted by molar-refractivity contribution is 0.0602. The maximum atomic E-state index is 12.1. The first-order valence-corrected chi connectivity index (χ1v) is 10.4. The summed E-state index contributed by atoms with van der Waals surface area (Å²) in [6.45, 7) is 5.98. The first-order valence-electron chi connectivity index (χ1n) is 10.4. The van der Waals surface area contributed by atoms with Crippen LogP contribution in [0.25, 0.3) is 11.1 Å². The molecule has 30 heavy (non-hydrogen) atoms. The zero-order valence-electron chi connectivity index (χ0n) is 17.8. The van der Waals surface area contributed by atoms with Crippen LogP contribution in [0.1, 0.15) is 43.1 Å². The van der Waals surface area contributed by atoms with Crippen molar-refractivity contribution in [3.8, 4) is 11.1 Å². The third-order valence-corrected chi connectivity index (χ3v) is 4.98. The second-order valence-electron chi connectivity index (χ2n) is 6.76. The van der Waals surface area contributed by atoms with Crippen LogP contribution in [0.4, 0.5) is 11.5 Å². The van der Waals surface area contributed by atoms with Gasteiger partial charge in [-0.05, 0) is 37.6 Å². The van der Waals surface area contributed by atoms with Crippen molar-refractivity contribution < 1.29 is 9.53 Å². The number of esters is 1. The molecule has 0 aliphatic carbocycles. The maximum Gasteiger partial charge on any atom is 0.340 e. The molecule has 7 heteroatoms. The summed E-state index contributed by atoms with van der Waals surface area (Å²) in [5.74, 6) is 0.284. The Morgan fingerprint density at radius 3 is 2.60 bits per heavy atom. The number of methoxy groups -OCH3 is 1. The van der Waals surface area contributed by atoms with Gasteiger partial charge in [-0.3, -0.25) is 9.67 Å². The number of ether oxygens (including phenoxy) is 1. The van der Waals surface area contributed by atoms with Crippen molar-refractivity contribution in [2.75, 3.05) is 25.5 Å². The Morgan fingerprint density at radius 1 is 1.17 bits per heavy atom. The molecule has 0 unspecified atom stereocenters. The van der Waals surface area contributed by atoms with Crippen molar-refractivity contribution in [3.05, 3.63) is 60.6 Å². The maximum absolute atomic E-state index is 12.1. The number of nitrogens with one attached hydrogen (secondary N) is 2. The molecule has 1 saturated heterocycles. The van der Waals surface area contributed by atoms with Crippen LogP contribution in [0.2, 0.25) is 0 Å². The molecule has 1 aliphatic heterocycles. The Labute approximate surface area is 177 Å². The van der Waals surface area contributed by atoms with Gasteiger partial charge >= 0.3 is 5.97 Å². The number of hydrogen-bond acceptors (Lipinski definition) is 6. The van der Waals surface area contributed by atoms with E-state index >= 15 is 0 Å². The molecule has 2 aromatic heterocycles. The van der Waals surface area contributed by atoms with Crippen molar-refractivity contribution in [2.24, 2.45) is 0 Å². The van der Waals surface area contributed by atoms with Crippen LogP contribution in [0, 0.1) is 0 Å². The lowest BCUT2D eigenvalue weighted by Crippen LogP contribution is -2.29. The molecule has 0 spiro atoms. The summed E-state index contributed by atoms with van der Waals surface area (Å²) in [7, 11) is 1.37. The summed E-state index contributed by atoms with van der Waals surface area (Å²) in [4.78, 5) is 16.3. The van der Waals surface area contributed by atoms with Crippen molar-refractivity contribution in [1.29, 1.82) is 0 Å². The molecule has 7 nitrogen and oxygen atoms in total. The monoisotopic (exact) mass is 407 g/mol. The van der Waals surface area contributed by atoms with Gasteiger partial charge in [0.1, 0.15) is 0 Å². The number of carbonyl (C=O) groups is 1. The van der Waals surface area contributed by atoms with Crippen LogP contribution in [0.5, 0.6) is 0 Å². The second-order valence-corrected chi connectivity index (χ2v) is 6.76. The highest BCUT2D eigenvalue weighted by Gasteiger charge is 2.21. The third-order valence-electron chi connectivity index (χ3n) is 4.98. The van der Waals surface area contributed by atoms with Gasteiger partial charge in [-0.25, -0.2) is 4.79 Å². The molecule has 4 rings (SSSR count). The Bertz CT molecular complexity index is 949. The number of pyridine rings is 1. The Balaban J connectivity index is 0.00000124. The summed E-state index contributed by atoms with van der Waals surface area (Å²) in [6, 6.07) is 12.1. The van der Waals surface area contributed by atoms with E-state index in [2.05, 4.69) is 33.9 Å². The van der Waals surface area contributed by atoms with Gasteiger partial charge in [0.2, 0.25) is 0 Å². The fourth-order valence-corrected chi connectivity index (χ4v) is 3.48. The zero-order chi connectivity index (χ0) is 21.3. The van der Waals surface area contributed by atoms with E-state index in [1.807, 2.05) is 36.7 Å². The molecule has 3 heterocycles. The van der Waals surface area contributed by atoms with Crippen LogP contribution in [-0.2, 0) is 4.74 Å². The highest BCUT2D eigenvalue weighted by atomic mass is 16.5. The predicted molar refractivity (Wildman–Crippen MR) is 119 cm³/mol. The summed E-state index contributed by atoms with van der Waals surface area (Å²) < 4.78 is 6.93. The topological polar surface area (TPSA) is 81.1 Å². The van der Waals surface area contributed by atoms with Crippen molar-refractivity contribution in [3.63, 3.8) is 0 Å². The number of rotatable bonds is 5. The van der Waals surface area contributed by atoms with Gasteiger partial charge in [0.05, 0.1) is 30.6 Å². The Hall–Kier alpha value is -3.19. The SMILES string of the molecule is CC.COC(=O)c1ccncc1Nc1nn(C2CCNCC2)cc1-c1ccccc1. The van der Waals surface area contributed by atoms with Crippen LogP contribution in [0.3, 0.4) is 0 Å². The van der Waals surface area contributed by atoms with E-state index in [4.69, 9.17) is 9.84 Å². The van der Waals surface area contributed by atoms with Gasteiger partial charge in [-0.2, -0.15) is 5.10 Å². The third kappa shape index (κ3) is 4.86. The summed E-state index contributed by atoms with van der Waals surface area (Å²) in [5, 5.41) is 11.5. The highest BCUT2D eigenvalue weighted by Crippen LogP contribution is 2.32. The van der Waals surface area contributed by atoms with E-state index in [0.717, 1.165) is 37.1 Å². The largest absolute Gasteiger partial charge is 0.465 e. The number of nitrogens with zero attached hydrogens (tertiary/aromatic N) is 3. The van der Waals surface area contributed by atoms with E-state index in [-0.39, 0.29) is 0 Å². The molecule has 1 aliphatic rings. The molecule has 3 aromatic rings. The Kier molecular flexibility index (Phi) is 7.57. The molecule has 0 atom stereocenters. The van der Waals surface area contributed by atoms with Gasteiger partial charge in [-0.1, -0.05) is 44.2 Å². The van der Waals surface area contributed by atoms with Crippen LogP contribution >= 0.6 is 0 Å². The van der Waals surface area contributed by atoms with Gasteiger partial charge in [0.15, 0.2) is 5.82 Å². The summed E-state index contributed by atoms with van der Waals surface area (Å²) in [6.07, 6.45) is 7.35. The summed E-state index contributed by atoms with van der Waals surface area (Å²) in [5.41, 5.74) is 3.04. The number of carbonyl (C=O) groups excluding carboxylic acids is 1. The van der Waals surface area contributed by atoms with E-state index in [9.17, 15) is 4.79 Å². The van der Waals surface area contributed by atoms with Crippen LogP contribution in [0.15, 0.2) is 55.0 Å². The van der Waals surface area contributed by atoms with Crippen LogP contribution in [-0.4, -0.2) is 40.9 Å². The van der Waals surface area contributed by atoms with E-state index in [0.29, 0.717) is 23.1 Å². The molecule has 0 saturated carbocycles. The minimum absolute atomic E-state index is 0.355. The molecular weight excluding hydrogens is 378 g/mol. The molecule has 158 valence electrons. The minimum atomic E-state index is -0.413. The lowest BCUT2D eigenvalue weighted by atomic mass is 10.1. The molecule has 0 bridgehead atoms. The summed E-state index contributed by atoms with van der Waals surface area (Å²) >= 11 is 0. The first kappa shape index (κ1) is 21.5. The van der Waals surface area contributed by atoms with Crippen molar-refractivity contribution in [2.45, 2.75) is 32.7 Å². The lowest BCUT2D eigenvalue weighted by Gasteiger charge is -2.22. The number of aromatic nitrogens is 3. The van der Waals surface area contributed by atoms with E-state index < -0.39 is 5.97 Å². The molecular formula is C23H29N5O2. The first-order chi connectivity index (χ1) is 14.8. The van der Waals surface area contributed by atoms with Crippen LogP contribution < -0.4 is 10.6 Å². The van der Waals surface area contributed by atoms with Gasteiger partial charge in [-0.15, -0.1) is 0 Å². The zero-order valence-corrected chi connectivity index (χ0v) is 17.8. The number of hydrogen-bond donors (Lipinski definition) is 2. The van der Waals surface area contributed by atoms with E-state index in [1.54, 1.807) is 18.5 Å². The van der Waals surface area contributed by atoms with Crippen molar-refractivity contribution in [1.82, 2.24) is 20.1 Å². The number of piperidine rings is 1. The standard InChI is InChI=1S/C21H23N5O2.C2H6/c1-28-21(27)17-9-12-23-13-19(17)24-20-18(15-5-3-2-4-6-15)14-26(25-20)16-7-10-22-11-8-16;1-2/h2-6,9,12-14,16,22H,7-8,10-11H2,1H3,(H,24,25);1-2H3. The van der Waals surface area contributed by atoms with Gasteiger partial charge < -0.3 is 15.4 Å². The van der Waals surface area contributed by atoms with Gasteiger partial charge in [0, 0.05) is 18.0 Å². The molecule has 1 fully saturated rings. The van der Waals surface area contributed by atoms with Gasteiger partial charge in [0.25, 0.3) is 0 Å². The normalized spacial score (nSPS) is 13.8. The fraction of sp³-hybridized carbons (Fsp3) is 0.348. The quantitative estimate of drug-likeness (QED) is 0.609. The van der Waals surface area contributed by atoms with Crippen molar-refractivity contribution >= 4 is 17.5 Å². The fourth-order valence-electron chi connectivity index (χ4n) is 3.48. The second kappa shape index (κ2) is 10.5. The van der Waals surface area contributed by atoms with E-state index in [1.165, 1.54) is 7.11 Å². The average Bonchev–Trinajstić information content (AvgIpc) is 3.25.